The second-order valence-electron chi connectivity index (χ2n) is 6.85. The van der Waals surface area contributed by atoms with Crippen molar-refractivity contribution >= 4 is 39.1 Å². The van der Waals surface area contributed by atoms with E-state index in [0.717, 1.165) is 6.07 Å². The highest BCUT2D eigenvalue weighted by Crippen LogP contribution is 2.39. The minimum absolute atomic E-state index is 0.0513. The molecule has 0 aliphatic carbocycles. The average Bonchev–Trinajstić information content (AvgIpc) is 2.72. The van der Waals surface area contributed by atoms with Gasteiger partial charge in [-0.2, -0.15) is 13.2 Å². The van der Waals surface area contributed by atoms with Gasteiger partial charge >= 0.3 is 6.18 Å². The standard InChI is InChI=1S/C19H17BrClF3N4O2/c1-29-18-14(20)3-4-15(25-18)17-26-30-10-12-9-27(6-7-28(12)17)16-5-2-11(21)8-13(16)19(22,23)24/h2-5,8,12H,6-7,9-10H2,1H3. The number of rotatable bonds is 3. The fourth-order valence-corrected chi connectivity index (χ4v) is 4.18. The third-order valence-corrected chi connectivity index (χ3v) is 5.85. The molecule has 1 saturated heterocycles. The Morgan fingerprint density at radius 2 is 2.03 bits per heavy atom. The molecular weight excluding hydrogens is 489 g/mol. The van der Waals surface area contributed by atoms with Crippen molar-refractivity contribution in [1.29, 1.82) is 0 Å². The summed E-state index contributed by atoms with van der Waals surface area (Å²) in [6.45, 7) is 1.46. The SMILES string of the molecule is COc1nc(C2=NOCC3CN(c4ccc(Cl)cc4C(F)(F)F)CCN23)ccc1Br. The molecule has 1 aromatic carbocycles. The Labute approximate surface area is 184 Å². The number of methoxy groups -OCH3 is 1. The lowest BCUT2D eigenvalue weighted by Crippen LogP contribution is -2.59. The molecule has 30 heavy (non-hydrogen) atoms. The number of hydrogen-bond donors (Lipinski definition) is 0. The summed E-state index contributed by atoms with van der Waals surface area (Å²) in [6.07, 6.45) is -4.50. The number of aromatic nitrogens is 1. The van der Waals surface area contributed by atoms with Crippen LogP contribution in [-0.4, -0.2) is 55.1 Å². The van der Waals surface area contributed by atoms with Gasteiger partial charge in [0.15, 0.2) is 5.84 Å². The van der Waals surface area contributed by atoms with Gasteiger partial charge in [0, 0.05) is 30.3 Å². The molecular formula is C19H17BrClF3N4O2. The van der Waals surface area contributed by atoms with Crippen LogP contribution < -0.4 is 9.64 Å². The summed E-state index contributed by atoms with van der Waals surface area (Å²) in [5.74, 6) is 0.941. The lowest BCUT2D eigenvalue weighted by molar-refractivity contribution is -0.137. The van der Waals surface area contributed by atoms with E-state index in [4.69, 9.17) is 21.2 Å². The Kier molecular flexibility index (Phi) is 5.71. The van der Waals surface area contributed by atoms with E-state index in [1.807, 2.05) is 4.90 Å². The van der Waals surface area contributed by atoms with Crippen molar-refractivity contribution in [3.05, 3.63) is 51.1 Å². The Hall–Kier alpha value is -2.20. The molecule has 4 rings (SSSR count). The van der Waals surface area contributed by atoms with Crippen LogP contribution in [0.25, 0.3) is 0 Å². The predicted molar refractivity (Wildman–Crippen MR) is 110 cm³/mol. The van der Waals surface area contributed by atoms with E-state index >= 15 is 0 Å². The monoisotopic (exact) mass is 504 g/mol. The van der Waals surface area contributed by atoms with E-state index in [2.05, 4.69) is 26.1 Å². The number of hydrogen-bond acceptors (Lipinski definition) is 6. The summed E-state index contributed by atoms with van der Waals surface area (Å²) in [5, 5.41) is 4.20. The number of piperazine rings is 1. The molecule has 1 aromatic heterocycles. The van der Waals surface area contributed by atoms with Gasteiger partial charge in [0.1, 0.15) is 12.3 Å². The first-order valence-corrected chi connectivity index (χ1v) is 10.2. The molecule has 2 aliphatic rings. The Bertz CT molecular complexity index is 989. The van der Waals surface area contributed by atoms with Gasteiger partial charge in [-0.05, 0) is 46.3 Å². The largest absolute Gasteiger partial charge is 0.480 e. The van der Waals surface area contributed by atoms with Gasteiger partial charge in [-0.15, -0.1) is 0 Å². The molecule has 0 bridgehead atoms. The molecule has 0 N–H and O–H groups in total. The van der Waals surface area contributed by atoms with Gasteiger partial charge in [0.25, 0.3) is 0 Å². The summed E-state index contributed by atoms with van der Waals surface area (Å²) < 4.78 is 46.6. The smallest absolute Gasteiger partial charge is 0.418 e. The number of alkyl halides is 3. The van der Waals surface area contributed by atoms with Crippen LogP contribution in [-0.2, 0) is 11.0 Å². The number of anilines is 1. The van der Waals surface area contributed by atoms with Gasteiger partial charge in [0.05, 0.1) is 23.2 Å². The number of amidine groups is 1. The van der Waals surface area contributed by atoms with Crippen molar-refractivity contribution in [2.24, 2.45) is 5.16 Å². The van der Waals surface area contributed by atoms with Gasteiger partial charge in [-0.3, -0.25) is 0 Å². The molecule has 2 aromatic rings. The molecule has 0 saturated carbocycles. The van der Waals surface area contributed by atoms with Crippen LogP contribution in [0.1, 0.15) is 11.3 Å². The zero-order valence-electron chi connectivity index (χ0n) is 15.8. The average molecular weight is 506 g/mol. The topological polar surface area (TPSA) is 50.2 Å². The zero-order valence-corrected chi connectivity index (χ0v) is 18.1. The molecule has 0 spiro atoms. The van der Waals surface area contributed by atoms with Crippen molar-refractivity contribution in [2.45, 2.75) is 12.2 Å². The second-order valence-corrected chi connectivity index (χ2v) is 8.14. The van der Waals surface area contributed by atoms with Crippen LogP contribution in [0.3, 0.4) is 0 Å². The summed E-state index contributed by atoms with van der Waals surface area (Å²) in [6, 6.07) is 7.25. The Morgan fingerprint density at radius 3 is 2.77 bits per heavy atom. The van der Waals surface area contributed by atoms with Gasteiger partial charge in [-0.25, -0.2) is 4.98 Å². The first-order chi connectivity index (χ1) is 14.3. The molecule has 6 nitrogen and oxygen atoms in total. The fraction of sp³-hybridized carbons (Fsp3) is 0.368. The highest BCUT2D eigenvalue weighted by molar-refractivity contribution is 9.10. The summed E-state index contributed by atoms with van der Waals surface area (Å²) in [4.78, 5) is 13.6. The van der Waals surface area contributed by atoms with Crippen molar-refractivity contribution in [2.75, 3.05) is 38.3 Å². The molecule has 0 radical (unpaired) electrons. The summed E-state index contributed by atoms with van der Waals surface area (Å²) >= 11 is 9.18. The van der Waals surface area contributed by atoms with E-state index in [1.54, 1.807) is 17.0 Å². The molecule has 11 heteroatoms. The normalized spacial score (nSPS) is 19.1. The Morgan fingerprint density at radius 1 is 1.23 bits per heavy atom. The van der Waals surface area contributed by atoms with Crippen LogP contribution in [0.2, 0.25) is 5.02 Å². The second kappa shape index (κ2) is 8.14. The molecule has 1 fully saturated rings. The van der Waals surface area contributed by atoms with E-state index in [-0.39, 0.29) is 23.4 Å². The minimum atomic E-state index is -4.50. The van der Waals surface area contributed by atoms with Gasteiger partial charge in [-0.1, -0.05) is 16.8 Å². The highest BCUT2D eigenvalue weighted by atomic mass is 79.9. The lowest BCUT2D eigenvalue weighted by atomic mass is 10.1. The third-order valence-electron chi connectivity index (χ3n) is 5.01. The number of nitrogens with zero attached hydrogens (tertiary/aromatic N) is 4. The number of fused-ring (bicyclic) bond motifs is 1. The summed E-state index contributed by atoms with van der Waals surface area (Å²) in [5.41, 5.74) is -0.0666. The van der Waals surface area contributed by atoms with E-state index in [0.29, 0.717) is 41.5 Å². The maximum absolute atomic E-state index is 13.5. The molecule has 1 unspecified atom stereocenters. The summed E-state index contributed by atoms with van der Waals surface area (Å²) in [7, 11) is 1.52. The van der Waals surface area contributed by atoms with Crippen molar-refractivity contribution in [1.82, 2.24) is 9.88 Å². The number of pyridine rings is 1. The Balaban J connectivity index is 1.59. The molecule has 2 aliphatic heterocycles. The molecule has 0 amide bonds. The van der Waals surface area contributed by atoms with Crippen LogP contribution in [0, 0.1) is 0 Å². The maximum atomic E-state index is 13.5. The first kappa shape index (κ1) is 21.0. The number of oxime groups is 1. The zero-order chi connectivity index (χ0) is 21.5. The van der Waals surface area contributed by atoms with Crippen LogP contribution in [0.15, 0.2) is 40.0 Å². The fourth-order valence-electron chi connectivity index (χ4n) is 3.63. The van der Waals surface area contributed by atoms with E-state index in [1.165, 1.54) is 19.2 Å². The van der Waals surface area contributed by atoms with Crippen molar-refractivity contribution < 1.29 is 22.7 Å². The molecule has 160 valence electrons. The van der Waals surface area contributed by atoms with Crippen molar-refractivity contribution in [3.8, 4) is 5.88 Å². The first-order valence-electron chi connectivity index (χ1n) is 9.07. The highest BCUT2D eigenvalue weighted by Gasteiger charge is 2.39. The van der Waals surface area contributed by atoms with Crippen LogP contribution in [0.4, 0.5) is 18.9 Å². The van der Waals surface area contributed by atoms with Gasteiger partial charge < -0.3 is 19.4 Å². The van der Waals surface area contributed by atoms with Gasteiger partial charge in [0.2, 0.25) is 5.88 Å². The number of ether oxygens (including phenoxy) is 1. The number of halogens is 5. The van der Waals surface area contributed by atoms with E-state index < -0.39 is 11.7 Å². The molecule has 1 atom stereocenters. The van der Waals surface area contributed by atoms with Crippen LogP contribution in [0.5, 0.6) is 5.88 Å². The predicted octanol–water partition coefficient (Wildman–Crippen LogP) is 4.41. The minimum Gasteiger partial charge on any atom is -0.480 e. The number of benzene rings is 1. The van der Waals surface area contributed by atoms with E-state index in [9.17, 15) is 13.2 Å². The lowest BCUT2D eigenvalue weighted by Gasteiger charge is -2.45. The third kappa shape index (κ3) is 4.02. The quantitative estimate of drug-likeness (QED) is 0.619. The molecule has 3 heterocycles. The maximum Gasteiger partial charge on any atom is 0.418 e. The van der Waals surface area contributed by atoms with Crippen molar-refractivity contribution in [3.63, 3.8) is 0 Å². The van der Waals surface area contributed by atoms with Crippen LogP contribution >= 0.6 is 27.5 Å².